The number of ketones is 1. The van der Waals surface area contributed by atoms with Gasteiger partial charge in [0.2, 0.25) is 5.95 Å². The van der Waals surface area contributed by atoms with Crippen molar-refractivity contribution in [3.63, 3.8) is 0 Å². The van der Waals surface area contributed by atoms with Gasteiger partial charge in [-0.15, -0.1) is 0 Å². The number of aromatic amines is 1. The Bertz CT molecular complexity index is 1370. The van der Waals surface area contributed by atoms with E-state index in [0.29, 0.717) is 47.1 Å². The summed E-state index contributed by atoms with van der Waals surface area (Å²) in [6.07, 6.45) is 2.22. The maximum atomic E-state index is 13.9. The molecule has 0 radical (unpaired) electrons. The number of methoxy groups -OCH3 is 2. The number of benzene rings is 2. The van der Waals surface area contributed by atoms with Crippen molar-refractivity contribution in [1.29, 1.82) is 5.26 Å². The minimum absolute atomic E-state index is 0.0443. The molecule has 176 valence electrons. The summed E-state index contributed by atoms with van der Waals surface area (Å²) in [5.41, 5.74) is 9.77. The number of carbonyl (C=O) groups excluding carboxylic acids is 1. The summed E-state index contributed by atoms with van der Waals surface area (Å²) < 4.78 is 11.2. The van der Waals surface area contributed by atoms with E-state index in [4.69, 9.17) is 15.2 Å². The molecule has 5 rings (SSSR count). The Morgan fingerprint density at radius 3 is 2.57 bits per heavy atom. The van der Waals surface area contributed by atoms with Gasteiger partial charge in [-0.1, -0.05) is 42.5 Å². The summed E-state index contributed by atoms with van der Waals surface area (Å²) in [6, 6.07) is 17.6. The van der Waals surface area contributed by atoms with Crippen LogP contribution in [0.1, 0.15) is 35.8 Å². The highest BCUT2D eigenvalue weighted by molar-refractivity contribution is 6.02. The second-order valence-corrected chi connectivity index (χ2v) is 8.37. The van der Waals surface area contributed by atoms with Crippen molar-refractivity contribution in [2.75, 3.05) is 19.1 Å². The number of nitrogens with two attached hydrogens (primary N) is 1. The second kappa shape index (κ2) is 8.99. The van der Waals surface area contributed by atoms with E-state index in [9.17, 15) is 10.1 Å². The molecule has 2 heterocycles. The Labute approximate surface area is 202 Å². The molecule has 0 amide bonds. The Morgan fingerprint density at radius 2 is 1.91 bits per heavy atom. The third-order valence-corrected chi connectivity index (χ3v) is 6.60. The van der Waals surface area contributed by atoms with E-state index in [2.05, 4.69) is 21.3 Å². The summed E-state index contributed by atoms with van der Waals surface area (Å²) in [6.45, 7) is 0. The lowest BCUT2D eigenvalue weighted by molar-refractivity contribution is -0.116. The van der Waals surface area contributed by atoms with Gasteiger partial charge in [-0.2, -0.15) is 15.3 Å². The molecule has 35 heavy (non-hydrogen) atoms. The van der Waals surface area contributed by atoms with E-state index in [1.54, 1.807) is 18.1 Å². The van der Waals surface area contributed by atoms with Gasteiger partial charge in [0.15, 0.2) is 17.3 Å². The molecule has 2 aromatic carbocycles. The van der Waals surface area contributed by atoms with Crippen molar-refractivity contribution in [2.24, 2.45) is 5.73 Å². The van der Waals surface area contributed by atoms with Crippen LogP contribution in [0.25, 0.3) is 0 Å². The van der Waals surface area contributed by atoms with Crippen LogP contribution in [0.2, 0.25) is 0 Å². The summed E-state index contributed by atoms with van der Waals surface area (Å²) in [5, 5.41) is 17.0. The summed E-state index contributed by atoms with van der Waals surface area (Å²) in [5.74, 6) is 0.699. The molecule has 0 spiro atoms. The zero-order valence-electron chi connectivity index (χ0n) is 19.4. The van der Waals surface area contributed by atoms with Crippen molar-refractivity contribution >= 4 is 11.7 Å². The SMILES string of the molecule is COc1cccc(C2C(C#N)=C(N)N(c3ncn[nH]3)C3=C2C(=O)CC(c2ccccc2)C3)c1OC. The number of anilines is 1. The van der Waals surface area contributed by atoms with Crippen LogP contribution >= 0.6 is 0 Å². The fourth-order valence-electron chi connectivity index (χ4n) is 5.09. The van der Waals surface area contributed by atoms with Gasteiger partial charge >= 0.3 is 0 Å². The lowest BCUT2D eigenvalue weighted by Crippen LogP contribution is -2.40. The first-order chi connectivity index (χ1) is 17.1. The zero-order valence-corrected chi connectivity index (χ0v) is 19.4. The monoisotopic (exact) mass is 468 g/mol. The molecule has 9 nitrogen and oxygen atoms in total. The maximum Gasteiger partial charge on any atom is 0.231 e. The summed E-state index contributed by atoms with van der Waals surface area (Å²) >= 11 is 0. The molecule has 1 aliphatic heterocycles. The highest BCUT2D eigenvalue weighted by atomic mass is 16.5. The topological polar surface area (TPSA) is 130 Å². The van der Waals surface area contributed by atoms with Crippen LogP contribution in [-0.4, -0.2) is 35.2 Å². The van der Waals surface area contributed by atoms with Crippen molar-refractivity contribution < 1.29 is 14.3 Å². The molecular weight excluding hydrogens is 444 g/mol. The van der Waals surface area contributed by atoms with Crippen LogP contribution in [0.5, 0.6) is 11.5 Å². The van der Waals surface area contributed by atoms with E-state index in [0.717, 1.165) is 5.56 Å². The molecule has 3 N–H and O–H groups in total. The van der Waals surface area contributed by atoms with Gasteiger partial charge in [0.1, 0.15) is 12.1 Å². The highest BCUT2D eigenvalue weighted by Gasteiger charge is 2.44. The number of hydrogen-bond acceptors (Lipinski definition) is 8. The first-order valence-corrected chi connectivity index (χ1v) is 11.2. The molecule has 0 saturated carbocycles. The minimum Gasteiger partial charge on any atom is -0.493 e. The first kappa shape index (κ1) is 22.2. The zero-order chi connectivity index (χ0) is 24.5. The molecule has 3 aromatic rings. The van der Waals surface area contributed by atoms with E-state index in [1.165, 1.54) is 13.4 Å². The molecule has 1 aromatic heterocycles. The largest absolute Gasteiger partial charge is 0.493 e. The van der Waals surface area contributed by atoms with Crippen molar-refractivity contribution in [1.82, 2.24) is 15.2 Å². The number of carbonyl (C=O) groups is 1. The molecular formula is C26H24N6O3. The Balaban J connectivity index is 1.75. The number of rotatable bonds is 5. The Morgan fingerprint density at radius 1 is 1.11 bits per heavy atom. The maximum absolute atomic E-state index is 13.9. The third-order valence-electron chi connectivity index (χ3n) is 6.60. The predicted octanol–water partition coefficient (Wildman–Crippen LogP) is 3.52. The van der Waals surface area contributed by atoms with Crippen molar-refractivity contribution in [2.45, 2.75) is 24.7 Å². The first-order valence-electron chi connectivity index (χ1n) is 11.2. The predicted molar refractivity (Wildman–Crippen MR) is 128 cm³/mol. The number of allylic oxidation sites excluding steroid dienone is 3. The van der Waals surface area contributed by atoms with Crippen LogP contribution in [0.15, 0.2) is 77.5 Å². The van der Waals surface area contributed by atoms with Gasteiger partial charge in [0, 0.05) is 23.3 Å². The van der Waals surface area contributed by atoms with E-state index >= 15 is 0 Å². The number of H-pyrrole nitrogens is 1. The van der Waals surface area contributed by atoms with Gasteiger partial charge in [-0.3, -0.25) is 9.69 Å². The lowest BCUT2D eigenvalue weighted by atomic mass is 9.71. The Kier molecular flexibility index (Phi) is 5.71. The van der Waals surface area contributed by atoms with Crippen molar-refractivity contribution in [3.8, 4) is 17.6 Å². The Hall–Kier alpha value is -4.58. The number of nitrogens with one attached hydrogen (secondary N) is 1. The summed E-state index contributed by atoms with van der Waals surface area (Å²) in [7, 11) is 3.08. The van der Waals surface area contributed by atoms with Gasteiger partial charge < -0.3 is 15.2 Å². The van der Waals surface area contributed by atoms with Crippen LogP contribution < -0.4 is 20.1 Å². The lowest BCUT2D eigenvalue weighted by Gasteiger charge is -2.40. The number of Topliss-reactive ketones (excluding diaryl/α,β-unsaturated/α-hetero) is 1. The number of ether oxygens (including phenoxy) is 2. The van der Waals surface area contributed by atoms with E-state index in [-0.39, 0.29) is 23.1 Å². The van der Waals surface area contributed by atoms with Crippen LogP contribution in [0, 0.1) is 11.3 Å². The van der Waals surface area contributed by atoms with Gasteiger partial charge in [0.05, 0.1) is 31.8 Å². The van der Waals surface area contributed by atoms with Crippen molar-refractivity contribution in [3.05, 3.63) is 88.6 Å². The quantitative estimate of drug-likeness (QED) is 0.582. The van der Waals surface area contributed by atoms with E-state index < -0.39 is 5.92 Å². The molecule has 0 saturated heterocycles. The normalized spacial score (nSPS) is 19.9. The molecule has 1 aliphatic carbocycles. The van der Waals surface area contributed by atoms with E-state index in [1.807, 2.05) is 42.5 Å². The number of para-hydroxylation sites is 1. The van der Waals surface area contributed by atoms with Gasteiger partial charge in [-0.25, -0.2) is 5.10 Å². The number of hydrogen-bond donors (Lipinski definition) is 2. The van der Waals surface area contributed by atoms with Gasteiger partial charge in [-0.05, 0) is 24.0 Å². The molecule has 9 heteroatoms. The van der Waals surface area contributed by atoms with Crippen LogP contribution in [0.3, 0.4) is 0 Å². The number of nitrogens with zero attached hydrogens (tertiary/aromatic N) is 4. The standard InChI is InChI=1S/C26H24N6O3/c1-34-21-10-6-9-17(24(21)35-2)22-18(13-27)25(28)32(26-29-14-30-31-26)19-11-16(12-20(33)23(19)22)15-7-4-3-5-8-15/h3-10,14,16,22H,11-12,28H2,1-2H3,(H,29,30,31). The molecule has 2 atom stereocenters. The summed E-state index contributed by atoms with van der Waals surface area (Å²) in [4.78, 5) is 19.8. The fourth-order valence-corrected chi connectivity index (χ4v) is 5.09. The van der Waals surface area contributed by atoms with Crippen LogP contribution in [0.4, 0.5) is 5.95 Å². The molecule has 2 unspecified atom stereocenters. The van der Waals surface area contributed by atoms with Gasteiger partial charge in [0.25, 0.3) is 0 Å². The highest BCUT2D eigenvalue weighted by Crippen LogP contribution is 2.51. The average Bonchev–Trinajstić information content (AvgIpc) is 3.42. The fraction of sp³-hybridized carbons (Fsp3) is 0.231. The minimum atomic E-state index is -0.705. The van der Waals surface area contributed by atoms with Crippen LogP contribution in [-0.2, 0) is 4.79 Å². The molecule has 0 bridgehead atoms. The smallest absolute Gasteiger partial charge is 0.231 e. The third kappa shape index (κ3) is 3.60. The number of aromatic nitrogens is 3. The molecule has 2 aliphatic rings. The second-order valence-electron chi connectivity index (χ2n) is 8.37. The number of nitriles is 1. The molecule has 0 fully saturated rings. The average molecular weight is 469 g/mol.